The van der Waals surface area contributed by atoms with Crippen LogP contribution in [-0.2, 0) is 11.2 Å². The van der Waals surface area contributed by atoms with Gasteiger partial charge in [-0.05, 0) is 37.1 Å². The molecule has 24 heavy (non-hydrogen) atoms. The van der Waals surface area contributed by atoms with Gasteiger partial charge in [0.05, 0.1) is 17.8 Å². The first-order valence-corrected chi connectivity index (χ1v) is 7.93. The molecule has 1 amide bonds. The molecule has 2 aromatic rings. The average Bonchev–Trinajstić information content (AvgIpc) is 2.59. The molecule has 0 aromatic heterocycles. The van der Waals surface area contributed by atoms with Crippen molar-refractivity contribution in [3.05, 3.63) is 59.7 Å². The number of nitrogens with zero attached hydrogens (tertiary/aromatic N) is 1. The summed E-state index contributed by atoms with van der Waals surface area (Å²) in [5, 5.41) is 9.23. The van der Waals surface area contributed by atoms with Crippen molar-refractivity contribution < 1.29 is 19.4 Å². The van der Waals surface area contributed by atoms with Crippen LogP contribution in [0.2, 0.25) is 0 Å². The van der Waals surface area contributed by atoms with Crippen molar-refractivity contribution in [3.63, 3.8) is 0 Å². The largest absolute Gasteiger partial charge is 0.487 e. The third-order valence-electron chi connectivity index (χ3n) is 4.08. The van der Waals surface area contributed by atoms with E-state index in [4.69, 9.17) is 4.74 Å². The SMILES string of the molecule is CC1CN(C(=O)CCc2ccccc2C(=O)O)c2ccccc2O1. The van der Waals surface area contributed by atoms with Crippen LogP contribution in [0.3, 0.4) is 0 Å². The number of carbonyl (C=O) groups excluding carboxylic acids is 1. The Hall–Kier alpha value is -2.82. The summed E-state index contributed by atoms with van der Waals surface area (Å²) in [6, 6.07) is 14.3. The molecule has 0 fully saturated rings. The van der Waals surface area contributed by atoms with Gasteiger partial charge >= 0.3 is 5.97 Å². The number of anilines is 1. The second-order valence-electron chi connectivity index (χ2n) is 5.86. The number of carboxylic acid groups (broad SMARTS) is 1. The van der Waals surface area contributed by atoms with Crippen LogP contribution < -0.4 is 9.64 Å². The van der Waals surface area contributed by atoms with Crippen molar-refractivity contribution in [2.45, 2.75) is 25.9 Å². The Balaban J connectivity index is 1.76. The number of aromatic carboxylic acids is 1. The minimum Gasteiger partial charge on any atom is -0.487 e. The fraction of sp³-hybridized carbons (Fsp3) is 0.263. The number of para-hydroxylation sites is 2. The zero-order valence-electron chi connectivity index (χ0n) is 13.4. The molecule has 0 bridgehead atoms. The summed E-state index contributed by atoms with van der Waals surface area (Å²) in [5.41, 5.74) is 1.70. The highest BCUT2D eigenvalue weighted by atomic mass is 16.5. The van der Waals surface area contributed by atoms with E-state index in [9.17, 15) is 14.7 Å². The number of rotatable bonds is 4. The van der Waals surface area contributed by atoms with Crippen molar-refractivity contribution in [3.8, 4) is 5.75 Å². The molecule has 1 N–H and O–H groups in total. The Bertz CT molecular complexity index is 771. The highest BCUT2D eigenvalue weighted by Gasteiger charge is 2.27. The van der Waals surface area contributed by atoms with Gasteiger partial charge in [-0.15, -0.1) is 0 Å². The van der Waals surface area contributed by atoms with E-state index in [1.165, 1.54) is 0 Å². The normalized spacial score (nSPS) is 16.2. The summed E-state index contributed by atoms with van der Waals surface area (Å²) < 4.78 is 5.75. The maximum Gasteiger partial charge on any atom is 0.335 e. The quantitative estimate of drug-likeness (QED) is 0.938. The zero-order valence-corrected chi connectivity index (χ0v) is 13.4. The molecule has 2 aromatic carbocycles. The van der Waals surface area contributed by atoms with E-state index in [1.54, 1.807) is 29.2 Å². The molecule has 0 saturated heterocycles. The molecule has 5 heteroatoms. The van der Waals surface area contributed by atoms with E-state index in [0.29, 0.717) is 24.3 Å². The summed E-state index contributed by atoms with van der Waals surface area (Å²) in [5.74, 6) is -0.295. The lowest BCUT2D eigenvalue weighted by molar-refractivity contribution is -0.119. The first kappa shape index (κ1) is 16.1. The van der Waals surface area contributed by atoms with Gasteiger partial charge in [0.1, 0.15) is 11.9 Å². The Morgan fingerprint density at radius 3 is 2.67 bits per heavy atom. The van der Waals surface area contributed by atoms with Crippen LogP contribution in [-0.4, -0.2) is 29.6 Å². The molecule has 1 aliphatic heterocycles. The van der Waals surface area contributed by atoms with Gasteiger partial charge in [-0.3, -0.25) is 4.79 Å². The molecule has 3 rings (SSSR count). The molecule has 5 nitrogen and oxygen atoms in total. The minimum absolute atomic E-state index is 0.0298. The Labute approximate surface area is 140 Å². The van der Waals surface area contributed by atoms with E-state index in [-0.39, 0.29) is 24.0 Å². The van der Waals surface area contributed by atoms with Gasteiger partial charge in [-0.1, -0.05) is 30.3 Å². The van der Waals surface area contributed by atoms with Crippen LogP contribution in [0, 0.1) is 0 Å². The summed E-state index contributed by atoms with van der Waals surface area (Å²) >= 11 is 0. The van der Waals surface area contributed by atoms with E-state index in [1.807, 2.05) is 31.2 Å². The van der Waals surface area contributed by atoms with E-state index < -0.39 is 5.97 Å². The zero-order chi connectivity index (χ0) is 17.1. The van der Waals surface area contributed by atoms with Crippen LogP contribution in [0.1, 0.15) is 29.3 Å². The fourth-order valence-electron chi connectivity index (χ4n) is 2.95. The second kappa shape index (κ2) is 6.74. The van der Waals surface area contributed by atoms with Crippen molar-refractivity contribution in [2.24, 2.45) is 0 Å². The van der Waals surface area contributed by atoms with E-state index in [0.717, 1.165) is 5.69 Å². The number of benzene rings is 2. The predicted molar refractivity (Wildman–Crippen MR) is 90.6 cm³/mol. The Morgan fingerprint density at radius 1 is 1.17 bits per heavy atom. The van der Waals surface area contributed by atoms with Crippen LogP contribution >= 0.6 is 0 Å². The Morgan fingerprint density at radius 2 is 1.88 bits per heavy atom. The van der Waals surface area contributed by atoms with Crippen LogP contribution in [0.25, 0.3) is 0 Å². The monoisotopic (exact) mass is 325 g/mol. The molecule has 124 valence electrons. The summed E-state index contributed by atoms with van der Waals surface area (Å²) in [6.07, 6.45) is 0.579. The maximum atomic E-state index is 12.7. The van der Waals surface area contributed by atoms with Crippen LogP contribution in [0.15, 0.2) is 48.5 Å². The van der Waals surface area contributed by atoms with Crippen molar-refractivity contribution in [2.75, 3.05) is 11.4 Å². The van der Waals surface area contributed by atoms with Gasteiger partial charge in [0, 0.05) is 6.42 Å². The number of aryl methyl sites for hydroxylation is 1. The molecule has 0 saturated carbocycles. The maximum absolute atomic E-state index is 12.7. The standard InChI is InChI=1S/C19H19NO4/c1-13-12-20(16-8-4-5-9-17(16)24-13)18(21)11-10-14-6-2-3-7-15(14)19(22)23/h2-9,13H,10-12H2,1H3,(H,22,23). The summed E-state index contributed by atoms with van der Waals surface area (Å²) in [6.45, 7) is 2.42. The van der Waals surface area contributed by atoms with Gasteiger partial charge in [-0.2, -0.15) is 0 Å². The van der Waals surface area contributed by atoms with Crippen molar-refractivity contribution in [1.82, 2.24) is 0 Å². The number of amides is 1. The van der Waals surface area contributed by atoms with Crippen LogP contribution in [0.5, 0.6) is 5.75 Å². The number of carbonyl (C=O) groups is 2. The van der Waals surface area contributed by atoms with Gasteiger partial charge in [0.2, 0.25) is 5.91 Å². The lowest BCUT2D eigenvalue weighted by atomic mass is 10.0. The highest BCUT2D eigenvalue weighted by molar-refractivity contribution is 5.96. The lowest BCUT2D eigenvalue weighted by Gasteiger charge is -2.33. The molecule has 1 unspecified atom stereocenters. The number of hydrogen-bond acceptors (Lipinski definition) is 3. The van der Waals surface area contributed by atoms with E-state index >= 15 is 0 Å². The molecule has 1 heterocycles. The molecular formula is C19H19NO4. The number of fused-ring (bicyclic) bond motifs is 1. The lowest BCUT2D eigenvalue weighted by Crippen LogP contribution is -2.42. The molecule has 0 spiro atoms. The number of ether oxygens (including phenoxy) is 1. The smallest absolute Gasteiger partial charge is 0.335 e. The number of carboxylic acids is 1. The second-order valence-corrected chi connectivity index (χ2v) is 5.86. The van der Waals surface area contributed by atoms with Gasteiger partial charge in [-0.25, -0.2) is 4.79 Å². The fourth-order valence-corrected chi connectivity index (χ4v) is 2.95. The Kier molecular flexibility index (Phi) is 4.51. The topological polar surface area (TPSA) is 66.8 Å². The predicted octanol–water partition coefficient (Wildman–Crippen LogP) is 3.13. The number of hydrogen-bond donors (Lipinski definition) is 1. The third-order valence-corrected chi connectivity index (χ3v) is 4.08. The molecule has 0 radical (unpaired) electrons. The molecule has 1 atom stereocenters. The minimum atomic E-state index is -0.969. The molecular weight excluding hydrogens is 306 g/mol. The third kappa shape index (κ3) is 3.25. The van der Waals surface area contributed by atoms with E-state index in [2.05, 4.69) is 0 Å². The first-order valence-electron chi connectivity index (χ1n) is 7.93. The first-order chi connectivity index (χ1) is 11.6. The molecule has 0 aliphatic carbocycles. The van der Waals surface area contributed by atoms with Gasteiger partial charge in [0.15, 0.2) is 0 Å². The van der Waals surface area contributed by atoms with Gasteiger partial charge in [0.25, 0.3) is 0 Å². The van der Waals surface area contributed by atoms with Crippen molar-refractivity contribution >= 4 is 17.6 Å². The highest BCUT2D eigenvalue weighted by Crippen LogP contribution is 2.33. The summed E-state index contributed by atoms with van der Waals surface area (Å²) in [7, 11) is 0. The molecule has 1 aliphatic rings. The van der Waals surface area contributed by atoms with Crippen molar-refractivity contribution in [1.29, 1.82) is 0 Å². The summed E-state index contributed by atoms with van der Waals surface area (Å²) in [4.78, 5) is 25.7. The van der Waals surface area contributed by atoms with Crippen LogP contribution in [0.4, 0.5) is 5.69 Å². The average molecular weight is 325 g/mol. The van der Waals surface area contributed by atoms with Gasteiger partial charge < -0.3 is 14.7 Å².